The first kappa shape index (κ1) is 13.3. The Morgan fingerprint density at radius 1 is 1.44 bits per heavy atom. The molecule has 1 saturated heterocycles. The Morgan fingerprint density at radius 3 is 2.81 bits per heavy atom. The van der Waals surface area contributed by atoms with E-state index in [1.54, 1.807) is 0 Å². The summed E-state index contributed by atoms with van der Waals surface area (Å²) in [5, 5.41) is 2.88. The predicted molar refractivity (Wildman–Crippen MR) is 66.6 cm³/mol. The molecule has 1 N–H and O–H groups in total. The third-order valence-corrected chi connectivity index (χ3v) is 3.24. The number of nitrogens with zero attached hydrogens (tertiary/aromatic N) is 2. The van der Waals surface area contributed by atoms with Gasteiger partial charge < -0.3 is 15.1 Å². The van der Waals surface area contributed by atoms with Crippen LogP contribution in [0.2, 0.25) is 0 Å². The summed E-state index contributed by atoms with van der Waals surface area (Å²) >= 11 is 0. The molecule has 0 unspecified atom stereocenters. The van der Waals surface area contributed by atoms with Gasteiger partial charge in [-0.15, -0.1) is 0 Å². The van der Waals surface area contributed by atoms with Crippen molar-refractivity contribution in [3.8, 4) is 0 Å². The summed E-state index contributed by atoms with van der Waals surface area (Å²) in [7, 11) is 2.15. The maximum absolute atomic E-state index is 11.4. The van der Waals surface area contributed by atoms with Crippen molar-refractivity contribution in [3.05, 3.63) is 0 Å². The Kier molecular flexibility index (Phi) is 5.60. The monoisotopic (exact) mass is 227 g/mol. The Bertz CT molecular complexity index is 218. The largest absolute Gasteiger partial charge is 0.338 e. The Labute approximate surface area is 99.0 Å². The lowest BCUT2D eigenvalue weighted by atomic mass is 10.2. The first-order valence-electron chi connectivity index (χ1n) is 6.34. The maximum atomic E-state index is 11.4. The van der Waals surface area contributed by atoms with Gasteiger partial charge in [-0.2, -0.15) is 0 Å². The van der Waals surface area contributed by atoms with E-state index in [1.807, 2.05) is 4.90 Å². The van der Waals surface area contributed by atoms with E-state index < -0.39 is 0 Å². The summed E-state index contributed by atoms with van der Waals surface area (Å²) in [5.41, 5.74) is 0. The summed E-state index contributed by atoms with van der Waals surface area (Å²) in [6, 6.07) is 0.724. The van der Waals surface area contributed by atoms with Crippen LogP contribution < -0.4 is 5.32 Å². The van der Waals surface area contributed by atoms with Gasteiger partial charge in [-0.25, -0.2) is 4.79 Å². The summed E-state index contributed by atoms with van der Waals surface area (Å²) in [6.07, 6.45) is 3.35. The fourth-order valence-corrected chi connectivity index (χ4v) is 1.81. The Morgan fingerprint density at radius 2 is 2.19 bits per heavy atom. The molecule has 0 aromatic rings. The van der Waals surface area contributed by atoms with Gasteiger partial charge in [0.05, 0.1) is 0 Å². The van der Waals surface area contributed by atoms with Gasteiger partial charge in [-0.3, -0.25) is 0 Å². The van der Waals surface area contributed by atoms with Crippen molar-refractivity contribution >= 4 is 6.03 Å². The second-order valence-electron chi connectivity index (χ2n) is 4.85. The standard InChI is InChI=1S/C12H25N3O/c1-11(2)14(3)8-4-5-9-15-10-6-7-13-12(15)16/h11H,4-10H2,1-3H3,(H,13,16). The van der Waals surface area contributed by atoms with Gasteiger partial charge >= 0.3 is 6.03 Å². The van der Waals surface area contributed by atoms with E-state index in [0.29, 0.717) is 6.04 Å². The lowest BCUT2D eigenvalue weighted by molar-refractivity contribution is 0.183. The molecule has 0 spiro atoms. The fourth-order valence-electron chi connectivity index (χ4n) is 1.81. The first-order chi connectivity index (χ1) is 7.61. The van der Waals surface area contributed by atoms with Gasteiger partial charge in [0, 0.05) is 25.7 Å². The van der Waals surface area contributed by atoms with Crippen LogP contribution in [0.4, 0.5) is 4.79 Å². The van der Waals surface area contributed by atoms with Crippen LogP contribution in [-0.2, 0) is 0 Å². The van der Waals surface area contributed by atoms with Crippen LogP contribution in [0.25, 0.3) is 0 Å². The quantitative estimate of drug-likeness (QED) is 0.698. The molecule has 0 atom stereocenters. The number of hydrogen-bond donors (Lipinski definition) is 1. The number of carbonyl (C=O) groups excluding carboxylic acids is 1. The summed E-state index contributed by atoms with van der Waals surface area (Å²) in [6.45, 7) is 8.19. The molecule has 16 heavy (non-hydrogen) atoms. The second-order valence-corrected chi connectivity index (χ2v) is 4.85. The Hall–Kier alpha value is -0.770. The SMILES string of the molecule is CC(C)N(C)CCCCN1CCCNC1=O. The average molecular weight is 227 g/mol. The highest BCUT2D eigenvalue weighted by Gasteiger charge is 2.16. The molecule has 1 aliphatic heterocycles. The van der Waals surface area contributed by atoms with Crippen LogP contribution in [0.5, 0.6) is 0 Å². The number of carbonyl (C=O) groups is 1. The smallest absolute Gasteiger partial charge is 0.317 e. The number of nitrogens with one attached hydrogen (secondary N) is 1. The van der Waals surface area contributed by atoms with Crippen molar-refractivity contribution in [2.75, 3.05) is 33.2 Å². The molecule has 0 radical (unpaired) electrons. The van der Waals surface area contributed by atoms with Crippen molar-refractivity contribution < 1.29 is 4.79 Å². The molecule has 2 amide bonds. The molecule has 0 aromatic carbocycles. The minimum absolute atomic E-state index is 0.114. The molecular formula is C12H25N3O. The van der Waals surface area contributed by atoms with Gasteiger partial charge in [-0.1, -0.05) is 0 Å². The first-order valence-corrected chi connectivity index (χ1v) is 6.34. The van der Waals surface area contributed by atoms with E-state index >= 15 is 0 Å². The lowest BCUT2D eigenvalue weighted by Crippen LogP contribution is -2.46. The van der Waals surface area contributed by atoms with Crippen molar-refractivity contribution in [3.63, 3.8) is 0 Å². The third kappa shape index (κ3) is 4.39. The lowest BCUT2D eigenvalue weighted by Gasteiger charge is -2.28. The van der Waals surface area contributed by atoms with Gasteiger partial charge in [0.25, 0.3) is 0 Å². The molecule has 1 heterocycles. The summed E-state index contributed by atoms with van der Waals surface area (Å²) < 4.78 is 0. The highest BCUT2D eigenvalue weighted by atomic mass is 16.2. The van der Waals surface area contributed by atoms with Gasteiger partial charge in [-0.05, 0) is 46.7 Å². The van der Waals surface area contributed by atoms with E-state index in [0.717, 1.165) is 39.0 Å². The van der Waals surface area contributed by atoms with Crippen LogP contribution in [0.3, 0.4) is 0 Å². The third-order valence-electron chi connectivity index (χ3n) is 3.24. The van der Waals surface area contributed by atoms with Gasteiger partial charge in [0.15, 0.2) is 0 Å². The van der Waals surface area contributed by atoms with E-state index in [4.69, 9.17) is 0 Å². The van der Waals surface area contributed by atoms with Crippen molar-refractivity contribution in [2.45, 2.75) is 39.2 Å². The van der Waals surface area contributed by atoms with Gasteiger partial charge in [0.2, 0.25) is 0 Å². The number of unbranched alkanes of at least 4 members (excludes halogenated alkanes) is 1. The zero-order valence-electron chi connectivity index (χ0n) is 10.8. The molecule has 0 aliphatic carbocycles. The molecular weight excluding hydrogens is 202 g/mol. The number of rotatable bonds is 6. The van der Waals surface area contributed by atoms with Crippen molar-refractivity contribution in [1.82, 2.24) is 15.1 Å². The second kappa shape index (κ2) is 6.74. The summed E-state index contributed by atoms with van der Waals surface area (Å²) in [5.74, 6) is 0. The number of hydrogen-bond acceptors (Lipinski definition) is 2. The summed E-state index contributed by atoms with van der Waals surface area (Å²) in [4.78, 5) is 15.7. The topological polar surface area (TPSA) is 35.6 Å². The molecule has 1 fully saturated rings. The minimum Gasteiger partial charge on any atom is -0.338 e. The molecule has 4 nitrogen and oxygen atoms in total. The number of amides is 2. The number of urea groups is 1. The molecule has 1 aliphatic rings. The van der Waals surface area contributed by atoms with Crippen LogP contribution in [0, 0.1) is 0 Å². The van der Waals surface area contributed by atoms with Crippen molar-refractivity contribution in [2.24, 2.45) is 0 Å². The zero-order chi connectivity index (χ0) is 12.0. The highest BCUT2D eigenvalue weighted by Crippen LogP contribution is 2.03. The minimum atomic E-state index is 0.114. The van der Waals surface area contributed by atoms with Crippen LogP contribution >= 0.6 is 0 Å². The van der Waals surface area contributed by atoms with E-state index in [9.17, 15) is 4.79 Å². The van der Waals surface area contributed by atoms with Crippen LogP contribution in [0.1, 0.15) is 33.1 Å². The van der Waals surface area contributed by atoms with Crippen LogP contribution in [-0.4, -0.2) is 55.1 Å². The molecule has 4 heteroatoms. The van der Waals surface area contributed by atoms with Gasteiger partial charge in [0.1, 0.15) is 0 Å². The molecule has 1 rings (SSSR count). The molecule has 0 aromatic heterocycles. The van der Waals surface area contributed by atoms with Crippen LogP contribution in [0.15, 0.2) is 0 Å². The normalized spacial score (nSPS) is 17.1. The molecule has 0 saturated carbocycles. The zero-order valence-corrected chi connectivity index (χ0v) is 10.8. The van der Waals surface area contributed by atoms with Crippen molar-refractivity contribution in [1.29, 1.82) is 0 Å². The van der Waals surface area contributed by atoms with E-state index in [2.05, 4.69) is 31.1 Å². The van der Waals surface area contributed by atoms with E-state index in [1.165, 1.54) is 6.42 Å². The maximum Gasteiger partial charge on any atom is 0.317 e. The molecule has 94 valence electrons. The predicted octanol–water partition coefficient (Wildman–Crippen LogP) is 1.52. The highest BCUT2D eigenvalue weighted by molar-refractivity contribution is 5.74. The van der Waals surface area contributed by atoms with E-state index in [-0.39, 0.29) is 6.03 Å². The fraction of sp³-hybridized carbons (Fsp3) is 0.917. The Balaban J connectivity index is 2.08. The average Bonchev–Trinajstić information content (AvgIpc) is 2.26. The molecule has 0 bridgehead atoms.